The lowest BCUT2D eigenvalue weighted by Crippen LogP contribution is -2.07. The van der Waals surface area contributed by atoms with Gasteiger partial charge in [-0.3, -0.25) is 4.79 Å². The van der Waals surface area contributed by atoms with Crippen LogP contribution in [0.2, 0.25) is 0 Å². The minimum absolute atomic E-state index is 0.237. The van der Waals surface area contributed by atoms with Crippen LogP contribution >= 0.6 is 0 Å². The maximum Gasteiger partial charge on any atom is 0.310 e. The molecule has 5 heteroatoms. The largest absolute Gasteiger partial charge is 0.496 e. The lowest BCUT2D eigenvalue weighted by molar-refractivity contribution is -0.142. The highest BCUT2D eigenvalue weighted by Crippen LogP contribution is 2.34. The summed E-state index contributed by atoms with van der Waals surface area (Å²) in [7, 11) is 1.63. The van der Waals surface area contributed by atoms with Gasteiger partial charge in [-0.1, -0.05) is 24.3 Å². The van der Waals surface area contributed by atoms with Gasteiger partial charge in [0.25, 0.3) is 0 Å². The third-order valence-electron chi connectivity index (χ3n) is 4.30. The van der Waals surface area contributed by atoms with E-state index in [2.05, 4.69) is 0 Å². The van der Waals surface area contributed by atoms with Crippen molar-refractivity contribution in [2.75, 3.05) is 20.3 Å². The standard InChI is InChI=1S/C23H28O5/c1-3-27-23(25)16-18-9-8-10-19(15-18)21-17-20(11-12-22(21)26-2)28-14-7-5-4-6-13-24/h8-13,15,17H,3-7,14,16H2,1-2H3. The van der Waals surface area contributed by atoms with E-state index >= 15 is 0 Å². The van der Waals surface area contributed by atoms with E-state index in [0.717, 1.165) is 53.7 Å². The third kappa shape index (κ3) is 6.72. The SMILES string of the molecule is CCOC(=O)Cc1cccc(-c2cc(OCCCCCC=O)ccc2OC)c1. The van der Waals surface area contributed by atoms with E-state index in [1.165, 1.54) is 0 Å². The maximum absolute atomic E-state index is 11.8. The van der Waals surface area contributed by atoms with Crippen LogP contribution in [0.5, 0.6) is 11.5 Å². The number of carbonyl (C=O) groups is 2. The average molecular weight is 384 g/mol. The van der Waals surface area contributed by atoms with Gasteiger partial charge < -0.3 is 19.0 Å². The normalized spacial score (nSPS) is 10.4. The van der Waals surface area contributed by atoms with Crippen LogP contribution in [0.4, 0.5) is 0 Å². The molecular formula is C23H28O5. The summed E-state index contributed by atoms with van der Waals surface area (Å²) in [6.07, 6.45) is 4.57. The molecule has 0 heterocycles. The second-order valence-electron chi connectivity index (χ2n) is 6.41. The zero-order valence-electron chi connectivity index (χ0n) is 16.6. The van der Waals surface area contributed by atoms with Crippen molar-refractivity contribution in [3.05, 3.63) is 48.0 Å². The first kappa shape index (κ1) is 21.5. The number of aldehydes is 1. The van der Waals surface area contributed by atoms with Gasteiger partial charge in [0.05, 0.1) is 26.7 Å². The first-order valence-corrected chi connectivity index (χ1v) is 9.67. The molecule has 5 nitrogen and oxygen atoms in total. The molecule has 2 aromatic rings. The van der Waals surface area contributed by atoms with Crippen molar-refractivity contribution in [2.45, 2.75) is 39.0 Å². The summed E-state index contributed by atoms with van der Waals surface area (Å²) in [6.45, 7) is 2.78. The van der Waals surface area contributed by atoms with Gasteiger partial charge in [0.1, 0.15) is 17.8 Å². The molecule has 0 saturated heterocycles. The smallest absolute Gasteiger partial charge is 0.310 e. The van der Waals surface area contributed by atoms with Crippen molar-refractivity contribution >= 4 is 12.3 Å². The van der Waals surface area contributed by atoms with Crippen LogP contribution in [0.15, 0.2) is 42.5 Å². The van der Waals surface area contributed by atoms with E-state index in [-0.39, 0.29) is 12.4 Å². The fourth-order valence-corrected chi connectivity index (χ4v) is 2.93. The molecule has 0 bridgehead atoms. The molecule has 0 radical (unpaired) electrons. The van der Waals surface area contributed by atoms with Crippen LogP contribution in [0.25, 0.3) is 11.1 Å². The lowest BCUT2D eigenvalue weighted by Gasteiger charge is -2.13. The molecular weight excluding hydrogens is 356 g/mol. The average Bonchev–Trinajstić information content (AvgIpc) is 2.71. The van der Waals surface area contributed by atoms with Crippen LogP contribution < -0.4 is 9.47 Å². The Bertz CT molecular complexity index is 769. The second-order valence-corrected chi connectivity index (χ2v) is 6.41. The molecule has 0 aliphatic heterocycles. The van der Waals surface area contributed by atoms with Crippen LogP contribution in [-0.4, -0.2) is 32.6 Å². The molecule has 0 N–H and O–H groups in total. The Kier molecular flexibility index (Phi) is 9.05. The number of rotatable bonds is 12. The molecule has 0 atom stereocenters. The Morgan fingerprint density at radius 3 is 2.68 bits per heavy atom. The number of unbranched alkanes of at least 4 members (excludes halogenated alkanes) is 3. The fraction of sp³-hybridized carbons (Fsp3) is 0.391. The number of hydrogen-bond donors (Lipinski definition) is 0. The van der Waals surface area contributed by atoms with Crippen molar-refractivity contribution in [1.29, 1.82) is 0 Å². The van der Waals surface area contributed by atoms with Gasteiger partial charge >= 0.3 is 5.97 Å². The quantitative estimate of drug-likeness (QED) is 0.304. The fourth-order valence-electron chi connectivity index (χ4n) is 2.93. The first-order chi connectivity index (χ1) is 13.7. The number of hydrogen-bond acceptors (Lipinski definition) is 5. The number of carbonyl (C=O) groups excluding carboxylic acids is 2. The van der Waals surface area contributed by atoms with E-state index in [9.17, 15) is 9.59 Å². The number of ether oxygens (including phenoxy) is 3. The monoisotopic (exact) mass is 384 g/mol. The minimum Gasteiger partial charge on any atom is -0.496 e. The van der Waals surface area contributed by atoms with Crippen LogP contribution in [-0.2, 0) is 20.7 Å². The molecule has 2 rings (SSSR count). The minimum atomic E-state index is -0.238. The molecule has 0 saturated carbocycles. The van der Waals surface area contributed by atoms with Gasteiger partial charge in [0, 0.05) is 12.0 Å². The molecule has 0 fully saturated rings. The Labute approximate surface area is 166 Å². The van der Waals surface area contributed by atoms with Gasteiger partial charge in [-0.25, -0.2) is 0 Å². The first-order valence-electron chi connectivity index (χ1n) is 9.67. The van der Waals surface area contributed by atoms with Gasteiger partial charge in [-0.05, 0) is 55.5 Å². The van der Waals surface area contributed by atoms with Crippen LogP contribution in [0.3, 0.4) is 0 Å². The molecule has 2 aromatic carbocycles. The van der Waals surface area contributed by atoms with E-state index in [1.807, 2.05) is 42.5 Å². The number of methoxy groups -OCH3 is 1. The number of benzene rings is 2. The van der Waals surface area contributed by atoms with Crippen molar-refractivity contribution in [2.24, 2.45) is 0 Å². The Morgan fingerprint density at radius 2 is 1.93 bits per heavy atom. The highest BCUT2D eigenvalue weighted by Gasteiger charge is 2.10. The van der Waals surface area contributed by atoms with E-state index in [4.69, 9.17) is 14.2 Å². The van der Waals surface area contributed by atoms with Gasteiger partial charge in [-0.2, -0.15) is 0 Å². The van der Waals surface area contributed by atoms with Crippen molar-refractivity contribution in [1.82, 2.24) is 0 Å². The molecule has 150 valence electrons. The molecule has 0 amide bonds. The van der Waals surface area contributed by atoms with Gasteiger partial charge in [0.15, 0.2) is 0 Å². The molecule has 0 spiro atoms. The molecule has 0 aliphatic rings. The van der Waals surface area contributed by atoms with Crippen LogP contribution in [0, 0.1) is 0 Å². The maximum atomic E-state index is 11.8. The zero-order valence-corrected chi connectivity index (χ0v) is 16.6. The Morgan fingerprint density at radius 1 is 1.07 bits per heavy atom. The molecule has 0 aliphatic carbocycles. The highest BCUT2D eigenvalue weighted by atomic mass is 16.5. The van der Waals surface area contributed by atoms with E-state index in [0.29, 0.717) is 19.6 Å². The summed E-state index contributed by atoms with van der Waals surface area (Å²) in [6, 6.07) is 13.5. The Balaban J connectivity index is 2.10. The van der Waals surface area contributed by atoms with Gasteiger partial charge in [0.2, 0.25) is 0 Å². The summed E-state index contributed by atoms with van der Waals surface area (Å²) in [4.78, 5) is 22.1. The summed E-state index contributed by atoms with van der Waals surface area (Å²) >= 11 is 0. The van der Waals surface area contributed by atoms with E-state index < -0.39 is 0 Å². The summed E-state index contributed by atoms with van der Waals surface area (Å²) < 4.78 is 16.4. The van der Waals surface area contributed by atoms with Crippen molar-refractivity contribution < 1.29 is 23.8 Å². The molecule has 0 aromatic heterocycles. The lowest BCUT2D eigenvalue weighted by atomic mass is 10.0. The Hall–Kier alpha value is -2.82. The van der Waals surface area contributed by atoms with Crippen LogP contribution in [0.1, 0.15) is 38.2 Å². The highest BCUT2D eigenvalue weighted by molar-refractivity contribution is 5.76. The summed E-state index contributed by atoms with van der Waals surface area (Å²) in [5.41, 5.74) is 2.75. The van der Waals surface area contributed by atoms with E-state index in [1.54, 1.807) is 14.0 Å². The second kappa shape index (κ2) is 11.8. The summed E-state index contributed by atoms with van der Waals surface area (Å²) in [5, 5.41) is 0. The predicted octanol–water partition coefficient (Wildman–Crippen LogP) is 4.61. The third-order valence-corrected chi connectivity index (χ3v) is 4.30. The zero-order chi connectivity index (χ0) is 20.2. The predicted molar refractivity (Wildman–Crippen MR) is 109 cm³/mol. The van der Waals surface area contributed by atoms with Gasteiger partial charge in [-0.15, -0.1) is 0 Å². The topological polar surface area (TPSA) is 61.8 Å². The number of esters is 1. The molecule has 28 heavy (non-hydrogen) atoms. The van der Waals surface area contributed by atoms with Crippen molar-refractivity contribution in [3.63, 3.8) is 0 Å². The summed E-state index contributed by atoms with van der Waals surface area (Å²) in [5.74, 6) is 1.27. The molecule has 0 unspecified atom stereocenters. The van der Waals surface area contributed by atoms with Crippen molar-refractivity contribution in [3.8, 4) is 22.6 Å².